The molecule has 3 aromatic carbocycles. The van der Waals surface area contributed by atoms with Gasteiger partial charge in [0, 0.05) is 24.2 Å². The largest absolute Gasteiger partial charge is 0.494 e. The van der Waals surface area contributed by atoms with E-state index in [0.717, 1.165) is 28.3 Å². The molecule has 0 aliphatic heterocycles. The van der Waals surface area contributed by atoms with E-state index in [0.29, 0.717) is 33.2 Å². The van der Waals surface area contributed by atoms with Crippen LogP contribution < -0.4 is 19.6 Å². The van der Waals surface area contributed by atoms with Crippen LogP contribution in [-0.2, 0) is 4.79 Å². The second kappa shape index (κ2) is 10.6. The first kappa shape index (κ1) is 25.2. The SMILES string of the molecule is CCOc1ccc(-c2nn(-c3ccccc3)cc2/C=c2\sc3nc(-c4ccccc4OC(C)=O)nn3c2=O)cc1. The Morgan fingerprint density at radius 1 is 0.975 bits per heavy atom. The highest BCUT2D eigenvalue weighted by Gasteiger charge is 2.17. The van der Waals surface area contributed by atoms with Crippen molar-refractivity contribution in [2.45, 2.75) is 13.8 Å². The molecule has 0 atom stereocenters. The maximum absolute atomic E-state index is 13.4. The van der Waals surface area contributed by atoms with Gasteiger partial charge in [0.25, 0.3) is 5.56 Å². The van der Waals surface area contributed by atoms with Crippen LogP contribution in [0.1, 0.15) is 19.4 Å². The van der Waals surface area contributed by atoms with Crippen LogP contribution in [0.2, 0.25) is 0 Å². The smallest absolute Gasteiger partial charge is 0.308 e. The van der Waals surface area contributed by atoms with Gasteiger partial charge in [-0.05, 0) is 61.5 Å². The average molecular weight is 550 g/mol. The second-order valence-electron chi connectivity index (χ2n) is 8.81. The van der Waals surface area contributed by atoms with Crippen LogP contribution in [-0.4, -0.2) is 37.0 Å². The minimum absolute atomic E-state index is 0.297. The van der Waals surface area contributed by atoms with Gasteiger partial charge in [0.05, 0.1) is 22.4 Å². The zero-order valence-electron chi connectivity index (χ0n) is 21.6. The fraction of sp³-hybridized carbons (Fsp3) is 0.100. The Balaban J connectivity index is 1.44. The number of hydrogen-bond acceptors (Lipinski definition) is 8. The summed E-state index contributed by atoms with van der Waals surface area (Å²) >= 11 is 1.23. The molecule has 0 saturated heterocycles. The number of aromatic nitrogens is 5. The minimum Gasteiger partial charge on any atom is -0.494 e. The Labute approximate surface area is 232 Å². The molecular formula is C30H23N5O4S. The van der Waals surface area contributed by atoms with Gasteiger partial charge in [-0.2, -0.15) is 14.6 Å². The molecule has 9 nitrogen and oxygen atoms in total. The van der Waals surface area contributed by atoms with E-state index in [2.05, 4.69) is 10.1 Å². The number of benzene rings is 3. The van der Waals surface area contributed by atoms with Gasteiger partial charge in [-0.1, -0.05) is 41.7 Å². The van der Waals surface area contributed by atoms with E-state index >= 15 is 0 Å². The quantitative estimate of drug-likeness (QED) is 0.213. The minimum atomic E-state index is -0.450. The van der Waals surface area contributed by atoms with Crippen molar-refractivity contribution in [2.75, 3.05) is 6.61 Å². The topological polar surface area (TPSA) is 101 Å². The Morgan fingerprint density at radius 3 is 2.45 bits per heavy atom. The first-order valence-corrected chi connectivity index (χ1v) is 13.4. The summed E-state index contributed by atoms with van der Waals surface area (Å²) in [6.45, 7) is 3.85. The summed E-state index contributed by atoms with van der Waals surface area (Å²) in [5.74, 6) is 0.964. The van der Waals surface area contributed by atoms with E-state index in [-0.39, 0.29) is 5.56 Å². The zero-order valence-corrected chi connectivity index (χ0v) is 22.5. The number of fused-ring (bicyclic) bond motifs is 1. The lowest BCUT2D eigenvalue weighted by Gasteiger charge is -2.04. The number of esters is 1. The van der Waals surface area contributed by atoms with E-state index < -0.39 is 5.97 Å². The number of ether oxygens (including phenoxy) is 2. The molecule has 40 heavy (non-hydrogen) atoms. The summed E-state index contributed by atoms with van der Waals surface area (Å²) in [4.78, 5) is 29.9. The monoisotopic (exact) mass is 549 g/mol. The lowest BCUT2D eigenvalue weighted by atomic mass is 10.1. The highest BCUT2D eigenvalue weighted by atomic mass is 32.1. The lowest BCUT2D eigenvalue weighted by Crippen LogP contribution is -2.23. The molecule has 0 saturated carbocycles. The molecule has 198 valence electrons. The van der Waals surface area contributed by atoms with E-state index in [1.54, 1.807) is 28.9 Å². The third-order valence-electron chi connectivity index (χ3n) is 6.05. The molecule has 0 bridgehead atoms. The van der Waals surface area contributed by atoms with Gasteiger partial charge in [0.1, 0.15) is 17.2 Å². The highest BCUT2D eigenvalue weighted by Crippen LogP contribution is 2.29. The molecule has 10 heteroatoms. The van der Waals surface area contributed by atoms with E-state index in [9.17, 15) is 9.59 Å². The summed E-state index contributed by atoms with van der Waals surface area (Å²) < 4.78 is 14.4. The third-order valence-corrected chi connectivity index (χ3v) is 7.01. The van der Waals surface area contributed by atoms with Gasteiger partial charge in [-0.15, -0.1) is 5.10 Å². The maximum Gasteiger partial charge on any atom is 0.308 e. The van der Waals surface area contributed by atoms with Crippen molar-refractivity contribution >= 4 is 28.3 Å². The predicted molar refractivity (Wildman–Crippen MR) is 153 cm³/mol. The molecule has 0 unspecified atom stereocenters. The van der Waals surface area contributed by atoms with Gasteiger partial charge in [0.15, 0.2) is 5.82 Å². The number of hydrogen-bond donors (Lipinski definition) is 0. The molecule has 0 amide bonds. The number of rotatable bonds is 7. The predicted octanol–water partition coefficient (Wildman–Crippen LogP) is 4.54. The van der Waals surface area contributed by atoms with Crippen LogP contribution in [0.4, 0.5) is 0 Å². The van der Waals surface area contributed by atoms with Crippen molar-refractivity contribution in [3.8, 4) is 39.8 Å². The van der Waals surface area contributed by atoms with Gasteiger partial charge in [0.2, 0.25) is 4.96 Å². The molecule has 6 rings (SSSR count). The fourth-order valence-corrected chi connectivity index (χ4v) is 5.19. The first-order chi connectivity index (χ1) is 19.5. The van der Waals surface area contributed by atoms with Gasteiger partial charge in [-0.25, -0.2) is 4.68 Å². The van der Waals surface area contributed by atoms with Gasteiger partial charge >= 0.3 is 5.97 Å². The van der Waals surface area contributed by atoms with Crippen LogP contribution >= 0.6 is 11.3 Å². The number of nitrogens with zero attached hydrogens (tertiary/aromatic N) is 5. The van der Waals surface area contributed by atoms with Crippen molar-refractivity contribution in [3.63, 3.8) is 0 Å². The van der Waals surface area contributed by atoms with E-state index in [1.165, 1.54) is 22.8 Å². The Bertz CT molecular complexity index is 1940. The van der Waals surface area contributed by atoms with Crippen molar-refractivity contribution < 1.29 is 14.3 Å². The molecule has 3 aromatic heterocycles. The van der Waals surface area contributed by atoms with Crippen LogP contribution in [0.15, 0.2) is 89.9 Å². The summed E-state index contributed by atoms with van der Waals surface area (Å²) in [6.07, 6.45) is 3.71. The Morgan fingerprint density at radius 2 is 1.73 bits per heavy atom. The summed E-state index contributed by atoms with van der Waals surface area (Å²) in [6, 6.07) is 24.5. The fourth-order valence-electron chi connectivity index (χ4n) is 4.29. The lowest BCUT2D eigenvalue weighted by molar-refractivity contribution is -0.131. The maximum atomic E-state index is 13.4. The molecule has 0 aliphatic carbocycles. The molecule has 0 aliphatic rings. The second-order valence-corrected chi connectivity index (χ2v) is 9.82. The van der Waals surface area contributed by atoms with Crippen LogP contribution in [0.3, 0.4) is 0 Å². The number of thiazole rings is 1. The van der Waals surface area contributed by atoms with Crippen LogP contribution in [0.25, 0.3) is 39.4 Å². The summed E-state index contributed by atoms with van der Waals surface area (Å²) in [7, 11) is 0. The van der Waals surface area contributed by atoms with Gasteiger partial charge in [-0.3, -0.25) is 9.59 Å². The van der Waals surface area contributed by atoms with E-state index in [1.807, 2.05) is 73.8 Å². The van der Waals surface area contributed by atoms with Crippen molar-refractivity contribution in [1.29, 1.82) is 0 Å². The number of carbonyl (C=O) groups excluding carboxylic acids is 1. The van der Waals surface area contributed by atoms with Crippen LogP contribution in [0.5, 0.6) is 11.5 Å². The Hall–Kier alpha value is -5.09. The third kappa shape index (κ3) is 4.87. The van der Waals surface area contributed by atoms with Crippen molar-refractivity contribution in [1.82, 2.24) is 24.4 Å². The first-order valence-electron chi connectivity index (χ1n) is 12.6. The summed E-state index contributed by atoms with van der Waals surface area (Å²) in [5.41, 5.74) is 3.52. The molecule has 3 heterocycles. The summed E-state index contributed by atoms with van der Waals surface area (Å²) in [5, 5.41) is 9.28. The molecule has 0 fully saturated rings. The number of carbonyl (C=O) groups is 1. The highest BCUT2D eigenvalue weighted by molar-refractivity contribution is 7.15. The van der Waals surface area contributed by atoms with Crippen LogP contribution in [0, 0.1) is 0 Å². The normalized spacial score (nSPS) is 11.7. The zero-order chi connectivity index (χ0) is 27.6. The van der Waals surface area contributed by atoms with Gasteiger partial charge < -0.3 is 9.47 Å². The van der Waals surface area contributed by atoms with Crippen molar-refractivity contribution in [3.05, 3.63) is 106 Å². The molecule has 6 aromatic rings. The molecule has 0 spiro atoms. The molecular weight excluding hydrogens is 526 g/mol. The van der Waals surface area contributed by atoms with E-state index in [4.69, 9.17) is 14.6 Å². The number of para-hydroxylation sites is 2. The van der Waals surface area contributed by atoms with Crippen molar-refractivity contribution in [2.24, 2.45) is 0 Å². The molecule has 0 radical (unpaired) electrons. The molecule has 0 N–H and O–H groups in total. The standard InChI is InChI=1S/C30H23N5O4S/c1-3-38-23-15-13-20(14-16-23)27-21(18-34(32-27)22-9-5-4-6-10-22)17-26-29(37)35-30(40-26)31-28(33-35)24-11-7-8-12-25(24)39-19(2)36/h4-18H,3H2,1-2H3/b26-17-. The average Bonchev–Trinajstić information content (AvgIpc) is 3.65. The Kier molecular flexibility index (Phi) is 6.67.